The van der Waals surface area contributed by atoms with Crippen molar-refractivity contribution in [1.82, 2.24) is 0 Å². The van der Waals surface area contributed by atoms with Crippen LogP contribution in [-0.4, -0.2) is 27.9 Å². The van der Waals surface area contributed by atoms with Gasteiger partial charge in [-0.3, -0.25) is 0 Å². The summed E-state index contributed by atoms with van der Waals surface area (Å²) >= 11 is 0. The smallest absolute Gasteiger partial charge is 0.382 e. The first-order valence-electron chi connectivity index (χ1n) is 9.77. The first kappa shape index (κ1) is 26.3. The highest BCUT2D eigenvalue weighted by Gasteiger charge is 2.00. The van der Waals surface area contributed by atoms with Crippen molar-refractivity contribution in [2.24, 2.45) is 0 Å². The van der Waals surface area contributed by atoms with Crippen LogP contribution in [-0.2, 0) is 9.30 Å². The molecular weight excluding hydrogens is 327 g/mol. The van der Waals surface area contributed by atoms with E-state index < -0.39 is 7.82 Å². The molecule has 0 atom stereocenters. The summed E-state index contributed by atoms with van der Waals surface area (Å²) in [5, 5.41) is 0. The monoisotopic (exact) mass is 368 g/mol. The summed E-state index contributed by atoms with van der Waals surface area (Å²) in [7, 11) is -4.64. The second-order valence-electron chi connectivity index (χ2n) is 6.31. The Morgan fingerprint density at radius 3 is 1.21 bits per heavy atom. The fourth-order valence-electron chi connectivity index (χ4n) is 2.54. The van der Waals surface area contributed by atoms with Crippen LogP contribution >= 0.6 is 7.82 Å². The van der Waals surface area contributed by atoms with Crippen molar-refractivity contribution in [3.8, 4) is 0 Å². The van der Waals surface area contributed by atoms with Crippen molar-refractivity contribution >= 4 is 7.82 Å². The summed E-state index contributed by atoms with van der Waals surface area (Å²) in [6.45, 7) is 6.20. The fraction of sp³-hybridized carbons (Fsp3) is 1.00. The lowest BCUT2D eigenvalue weighted by molar-refractivity contribution is 0.143. The van der Waals surface area contributed by atoms with Crippen LogP contribution in [0.5, 0.6) is 0 Å². The molecule has 24 heavy (non-hydrogen) atoms. The molecule has 0 bridgehead atoms. The minimum atomic E-state index is -4.64. The molecule has 0 aliphatic rings. The number of ether oxygens (including phenoxy) is 1. The van der Waals surface area contributed by atoms with Gasteiger partial charge in [-0.25, -0.2) is 4.57 Å². The third-order valence-electron chi connectivity index (χ3n) is 3.85. The van der Waals surface area contributed by atoms with Gasteiger partial charge in [0.15, 0.2) is 0 Å². The van der Waals surface area contributed by atoms with E-state index in [9.17, 15) is 0 Å². The summed E-state index contributed by atoms with van der Waals surface area (Å²) < 4.78 is 14.2. The maximum atomic E-state index is 8.88. The number of unbranched alkanes of at least 4 members (excludes halogenated alkanes) is 13. The molecule has 0 saturated heterocycles. The molecule has 0 spiro atoms. The van der Waals surface area contributed by atoms with E-state index in [1.165, 1.54) is 89.9 Å². The van der Waals surface area contributed by atoms with E-state index in [0.29, 0.717) is 0 Å². The van der Waals surface area contributed by atoms with Gasteiger partial charge in [0.2, 0.25) is 0 Å². The SMILES string of the molecule is CCCCCCCCCCCCCCCCOCC.O=P(O)(O)O. The molecule has 0 radical (unpaired) electrons. The summed E-state index contributed by atoms with van der Waals surface area (Å²) in [6, 6.07) is 0. The van der Waals surface area contributed by atoms with E-state index in [0.717, 1.165) is 13.2 Å². The molecule has 148 valence electrons. The van der Waals surface area contributed by atoms with Gasteiger partial charge in [-0.1, -0.05) is 90.4 Å². The molecule has 5 nitrogen and oxygen atoms in total. The van der Waals surface area contributed by atoms with Crippen LogP contribution in [0.1, 0.15) is 104 Å². The van der Waals surface area contributed by atoms with Gasteiger partial charge in [0.25, 0.3) is 0 Å². The Hall–Kier alpha value is 0.0700. The molecule has 0 heterocycles. The van der Waals surface area contributed by atoms with E-state index in [2.05, 4.69) is 13.8 Å². The molecule has 0 amide bonds. The van der Waals surface area contributed by atoms with Crippen LogP contribution in [0.4, 0.5) is 0 Å². The van der Waals surface area contributed by atoms with Gasteiger partial charge in [-0.05, 0) is 13.3 Å². The molecule has 0 aromatic rings. The molecule has 0 aromatic carbocycles. The van der Waals surface area contributed by atoms with Crippen LogP contribution in [0.15, 0.2) is 0 Å². The predicted molar refractivity (Wildman–Crippen MR) is 101 cm³/mol. The van der Waals surface area contributed by atoms with Crippen LogP contribution in [0.25, 0.3) is 0 Å². The lowest BCUT2D eigenvalue weighted by Crippen LogP contribution is -1.92. The van der Waals surface area contributed by atoms with E-state index >= 15 is 0 Å². The highest BCUT2D eigenvalue weighted by atomic mass is 31.2. The van der Waals surface area contributed by atoms with Gasteiger partial charge >= 0.3 is 7.82 Å². The van der Waals surface area contributed by atoms with E-state index in [4.69, 9.17) is 24.0 Å². The molecule has 0 aliphatic carbocycles. The third kappa shape index (κ3) is 37.9. The van der Waals surface area contributed by atoms with Crippen molar-refractivity contribution < 1.29 is 24.0 Å². The molecule has 0 unspecified atom stereocenters. The third-order valence-corrected chi connectivity index (χ3v) is 3.85. The lowest BCUT2D eigenvalue weighted by atomic mass is 10.0. The Labute approximate surface area is 149 Å². The number of phosphoric acid groups is 1. The second-order valence-corrected chi connectivity index (χ2v) is 7.33. The highest BCUT2D eigenvalue weighted by Crippen LogP contribution is 2.25. The maximum absolute atomic E-state index is 8.88. The lowest BCUT2D eigenvalue weighted by Gasteiger charge is -2.03. The Morgan fingerprint density at radius 1 is 0.625 bits per heavy atom. The minimum Gasteiger partial charge on any atom is -0.382 e. The van der Waals surface area contributed by atoms with E-state index in [1.54, 1.807) is 0 Å². The molecule has 0 saturated carbocycles. The van der Waals surface area contributed by atoms with Crippen molar-refractivity contribution in [1.29, 1.82) is 0 Å². The van der Waals surface area contributed by atoms with Gasteiger partial charge in [0.1, 0.15) is 0 Å². The molecule has 6 heteroatoms. The summed E-state index contributed by atoms with van der Waals surface area (Å²) in [6.07, 6.45) is 20.0. The molecule has 0 fully saturated rings. The van der Waals surface area contributed by atoms with Crippen LogP contribution in [0.3, 0.4) is 0 Å². The van der Waals surface area contributed by atoms with Crippen LogP contribution in [0.2, 0.25) is 0 Å². The Bertz CT molecular complexity index is 244. The fourth-order valence-corrected chi connectivity index (χ4v) is 2.54. The van der Waals surface area contributed by atoms with Crippen molar-refractivity contribution in [2.75, 3.05) is 13.2 Å². The maximum Gasteiger partial charge on any atom is 0.466 e. The standard InChI is InChI=1S/C18H38O.H3O4P/c1-3-5-6-7-8-9-10-11-12-13-14-15-16-17-18-19-4-2;1-5(2,3)4/h3-18H2,1-2H3;(H3,1,2,3,4). The zero-order valence-electron chi connectivity index (χ0n) is 15.9. The highest BCUT2D eigenvalue weighted by molar-refractivity contribution is 7.45. The quantitative estimate of drug-likeness (QED) is 0.245. The largest absolute Gasteiger partial charge is 0.466 e. The zero-order valence-corrected chi connectivity index (χ0v) is 16.8. The average molecular weight is 368 g/mol. The van der Waals surface area contributed by atoms with E-state index in [1.807, 2.05) is 0 Å². The van der Waals surface area contributed by atoms with Gasteiger partial charge < -0.3 is 19.4 Å². The molecule has 0 aliphatic heterocycles. The average Bonchev–Trinajstić information content (AvgIpc) is 2.49. The van der Waals surface area contributed by atoms with Crippen molar-refractivity contribution in [2.45, 2.75) is 104 Å². The normalized spacial score (nSPS) is 11.2. The first-order valence-corrected chi connectivity index (χ1v) is 11.3. The van der Waals surface area contributed by atoms with Gasteiger partial charge in [0, 0.05) is 13.2 Å². The summed E-state index contributed by atoms with van der Waals surface area (Å²) in [4.78, 5) is 21.6. The topological polar surface area (TPSA) is 87.0 Å². The predicted octanol–water partition coefficient (Wildman–Crippen LogP) is 5.58. The number of hydrogen-bond donors (Lipinski definition) is 3. The van der Waals surface area contributed by atoms with Crippen molar-refractivity contribution in [3.05, 3.63) is 0 Å². The summed E-state index contributed by atoms with van der Waals surface area (Å²) in [5.41, 5.74) is 0. The number of rotatable bonds is 16. The molecule has 0 aromatic heterocycles. The minimum absolute atomic E-state index is 0.873. The van der Waals surface area contributed by atoms with E-state index in [-0.39, 0.29) is 0 Å². The van der Waals surface area contributed by atoms with Crippen molar-refractivity contribution in [3.63, 3.8) is 0 Å². The van der Waals surface area contributed by atoms with Gasteiger partial charge in [-0.15, -0.1) is 0 Å². The van der Waals surface area contributed by atoms with Crippen LogP contribution in [0, 0.1) is 0 Å². The first-order chi connectivity index (χ1) is 11.4. The molecular formula is C18H41O5P. The Morgan fingerprint density at radius 2 is 0.917 bits per heavy atom. The summed E-state index contributed by atoms with van der Waals surface area (Å²) in [5.74, 6) is 0. The van der Waals surface area contributed by atoms with Crippen LogP contribution < -0.4 is 0 Å². The van der Waals surface area contributed by atoms with Gasteiger partial charge in [-0.2, -0.15) is 0 Å². The second kappa shape index (κ2) is 21.1. The van der Waals surface area contributed by atoms with Gasteiger partial charge in [0.05, 0.1) is 0 Å². The molecule has 0 rings (SSSR count). The number of hydrogen-bond acceptors (Lipinski definition) is 2. The zero-order chi connectivity index (χ0) is 18.5. The Kier molecular flexibility index (Phi) is 23.1. The Balaban J connectivity index is 0. The molecule has 3 N–H and O–H groups in total.